The van der Waals surface area contributed by atoms with E-state index in [1.807, 2.05) is 18.2 Å². The summed E-state index contributed by atoms with van der Waals surface area (Å²) in [6.07, 6.45) is 2.88. The Morgan fingerprint density at radius 3 is 2.41 bits per heavy atom. The molecule has 2 N–H and O–H groups in total. The van der Waals surface area contributed by atoms with Crippen LogP contribution in [0.4, 0.5) is 0 Å². The minimum atomic E-state index is -0.445. The van der Waals surface area contributed by atoms with Crippen LogP contribution in [-0.4, -0.2) is 11.8 Å². The highest BCUT2D eigenvalue weighted by molar-refractivity contribution is 14.1. The van der Waals surface area contributed by atoms with E-state index in [0.29, 0.717) is 10.6 Å². The van der Waals surface area contributed by atoms with Gasteiger partial charge in [-0.3, -0.25) is 20.4 Å². The van der Waals surface area contributed by atoms with Gasteiger partial charge in [0.1, 0.15) is 0 Å². The Labute approximate surface area is 146 Å². The minimum Gasteiger partial charge on any atom is -0.268 e. The molecule has 4 nitrogen and oxygen atoms in total. The summed E-state index contributed by atoms with van der Waals surface area (Å²) in [6.45, 7) is 0. The van der Waals surface area contributed by atoms with Gasteiger partial charge in [0.15, 0.2) is 0 Å². The largest absolute Gasteiger partial charge is 0.270 e. The Kier molecular flexibility index (Phi) is 5.97. The lowest BCUT2D eigenvalue weighted by Crippen LogP contribution is -2.41. The number of amides is 2. The fraction of sp³-hybridized carbons (Fsp3) is 0. The van der Waals surface area contributed by atoms with Gasteiger partial charge in [-0.25, -0.2) is 0 Å². The second-order valence-electron chi connectivity index (χ2n) is 4.28. The van der Waals surface area contributed by atoms with Crippen LogP contribution in [0, 0.1) is 3.57 Å². The van der Waals surface area contributed by atoms with Gasteiger partial charge in [-0.05, 0) is 52.4 Å². The lowest BCUT2D eigenvalue weighted by Gasteiger charge is -2.06. The third-order valence-electron chi connectivity index (χ3n) is 2.74. The summed E-state index contributed by atoms with van der Waals surface area (Å²) >= 11 is 8.04. The molecule has 0 aliphatic carbocycles. The van der Waals surface area contributed by atoms with Crippen LogP contribution in [0.2, 0.25) is 5.02 Å². The predicted octanol–water partition coefficient (Wildman–Crippen LogP) is 3.42. The van der Waals surface area contributed by atoms with Gasteiger partial charge in [0, 0.05) is 14.7 Å². The average Bonchev–Trinajstić information content (AvgIpc) is 2.52. The molecular formula is C16H12ClIN2O2. The summed E-state index contributed by atoms with van der Waals surface area (Å²) in [5.41, 5.74) is 5.91. The first-order chi connectivity index (χ1) is 10.6. The number of carbonyl (C=O) groups excluding carboxylic acids is 2. The summed E-state index contributed by atoms with van der Waals surface area (Å²) < 4.78 is 0.804. The van der Waals surface area contributed by atoms with Crippen molar-refractivity contribution in [2.45, 2.75) is 0 Å². The lowest BCUT2D eigenvalue weighted by molar-refractivity contribution is -0.117. The molecule has 0 aliphatic heterocycles. The molecule has 0 fully saturated rings. The molecule has 0 aromatic heterocycles. The van der Waals surface area contributed by atoms with E-state index in [-0.39, 0.29) is 5.91 Å². The normalized spacial score (nSPS) is 10.5. The molecule has 0 radical (unpaired) electrons. The molecule has 22 heavy (non-hydrogen) atoms. The zero-order chi connectivity index (χ0) is 15.9. The second-order valence-corrected chi connectivity index (χ2v) is 5.85. The van der Waals surface area contributed by atoms with Crippen LogP contribution < -0.4 is 10.9 Å². The van der Waals surface area contributed by atoms with Gasteiger partial charge in [-0.2, -0.15) is 0 Å². The maximum atomic E-state index is 11.9. The smallest absolute Gasteiger partial charge is 0.268 e. The molecule has 0 unspecified atom stereocenters. The van der Waals surface area contributed by atoms with E-state index in [2.05, 4.69) is 33.4 Å². The van der Waals surface area contributed by atoms with E-state index in [1.165, 1.54) is 6.08 Å². The van der Waals surface area contributed by atoms with Crippen molar-refractivity contribution in [2.75, 3.05) is 0 Å². The molecule has 0 aliphatic rings. The van der Waals surface area contributed by atoms with Crippen LogP contribution in [0.25, 0.3) is 6.08 Å². The van der Waals surface area contributed by atoms with Crippen molar-refractivity contribution in [1.29, 1.82) is 0 Å². The van der Waals surface area contributed by atoms with Crippen molar-refractivity contribution in [3.63, 3.8) is 0 Å². The molecule has 2 rings (SSSR count). The van der Waals surface area contributed by atoms with Crippen LogP contribution >= 0.6 is 34.2 Å². The number of nitrogens with one attached hydrogen (secondary N) is 2. The van der Waals surface area contributed by atoms with Crippen molar-refractivity contribution in [3.8, 4) is 0 Å². The second kappa shape index (κ2) is 7.95. The number of hydrogen-bond acceptors (Lipinski definition) is 2. The third-order valence-corrected chi connectivity index (χ3v) is 4.02. The van der Waals surface area contributed by atoms with Crippen molar-refractivity contribution in [3.05, 3.63) is 74.3 Å². The Bertz CT molecular complexity index is 732. The molecule has 6 heteroatoms. The number of hydrogen-bond donors (Lipinski definition) is 2. The first kappa shape index (κ1) is 16.5. The Hall–Kier alpha value is -1.86. The van der Waals surface area contributed by atoms with E-state index in [0.717, 1.165) is 9.13 Å². The highest BCUT2D eigenvalue weighted by Crippen LogP contribution is 2.16. The van der Waals surface area contributed by atoms with Gasteiger partial charge >= 0.3 is 0 Å². The average molecular weight is 427 g/mol. The van der Waals surface area contributed by atoms with Gasteiger partial charge in [-0.1, -0.05) is 41.9 Å². The Morgan fingerprint density at radius 1 is 1.00 bits per heavy atom. The molecular weight excluding hydrogens is 415 g/mol. The molecule has 2 aromatic rings. The predicted molar refractivity (Wildman–Crippen MR) is 95.3 cm³/mol. The van der Waals surface area contributed by atoms with Crippen LogP contribution in [0.1, 0.15) is 15.9 Å². The number of hydrazine groups is 1. The zero-order valence-corrected chi connectivity index (χ0v) is 14.3. The van der Waals surface area contributed by atoms with Crippen LogP contribution in [0.3, 0.4) is 0 Å². The van der Waals surface area contributed by atoms with Crippen LogP contribution in [-0.2, 0) is 4.79 Å². The first-order valence-electron chi connectivity index (χ1n) is 6.35. The molecule has 0 atom stereocenters. The summed E-state index contributed by atoms with van der Waals surface area (Å²) in [6, 6.07) is 14.2. The molecule has 0 bridgehead atoms. The van der Waals surface area contributed by atoms with Crippen LogP contribution in [0.15, 0.2) is 54.6 Å². The monoisotopic (exact) mass is 426 g/mol. The summed E-state index contributed by atoms with van der Waals surface area (Å²) in [7, 11) is 0. The molecule has 0 heterocycles. The van der Waals surface area contributed by atoms with Gasteiger partial charge in [0.05, 0.1) is 5.56 Å². The maximum absolute atomic E-state index is 11.9. The molecule has 112 valence electrons. The third kappa shape index (κ3) is 4.57. The molecule has 0 spiro atoms. The molecule has 0 saturated heterocycles. The maximum Gasteiger partial charge on any atom is 0.270 e. The highest BCUT2D eigenvalue weighted by atomic mass is 127. The van der Waals surface area contributed by atoms with Gasteiger partial charge in [0.25, 0.3) is 11.8 Å². The van der Waals surface area contributed by atoms with Crippen molar-refractivity contribution < 1.29 is 9.59 Å². The van der Waals surface area contributed by atoms with Gasteiger partial charge in [0.2, 0.25) is 0 Å². The first-order valence-corrected chi connectivity index (χ1v) is 7.81. The Morgan fingerprint density at radius 2 is 1.68 bits per heavy atom. The van der Waals surface area contributed by atoms with E-state index in [4.69, 9.17) is 11.6 Å². The van der Waals surface area contributed by atoms with E-state index in [9.17, 15) is 9.59 Å². The highest BCUT2D eigenvalue weighted by Gasteiger charge is 2.09. The number of halogens is 2. The zero-order valence-electron chi connectivity index (χ0n) is 11.3. The van der Waals surface area contributed by atoms with E-state index >= 15 is 0 Å². The number of carbonyl (C=O) groups is 2. The number of rotatable bonds is 3. The van der Waals surface area contributed by atoms with E-state index in [1.54, 1.807) is 36.4 Å². The lowest BCUT2D eigenvalue weighted by atomic mass is 10.2. The SMILES string of the molecule is O=C(/C=C/c1ccccc1Cl)NNC(=O)c1ccccc1I. The standard InChI is InChI=1S/C16H12ClIN2O2/c17-13-7-3-1-5-11(13)9-10-15(21)19-20-16(22)12-6-2-4-8-14(12)18/h1-10H,(H,19,21)(H,20,22)/b10-9+. The van der Waals surface area contributed by atoms with Gasteiger partial charge < -0.3 is 0 Å². The quantitative estimate of drug-likeness (QED) is 0.449. The fourth-order valence-electron chi connectivity index (χ4n) is 1.65. The fourth-order valence-corrected chi connectivity index (χ4v) is 2.48. The van der Waals surface area contributed by atoms with Crippen molar-refractivity contribution in [1.82, 2.24) is 10.9 Å². The van der Waals surface area contributed by atoms with Crippen LogP contribution in [0.5, 0.6) is 0 Å². The topological polar surface area (TPSA) is 58.2 Å². The summed E-state index contributed by atoms with van der Waals surface area (Å²) in [4.78, 5) is 23.6. The minimum absolute atomic E-state index is 0.371. The molecule has 2 aromatic carbocycles. The van der Waals surface area contributed by atoms with Gasteiger partial charge in [-0.15, -0.1) is 0 Å². The summed E-state index contributed by atoms with van der Waals surface area (Å²) in [5, 5.41) is 0.550. The Balaban J connectivity index is 1.92. The van der Waals surface area contributed by atoms with Crippen molar-refractivity contribution >= 4 is 52.1 Å². The van der Waals surface area contributed by atoms with Crippen molar-refractivity contribution in [2.24, 2.45) is 0 Å². The van der Waals surface area contributed by atoms with E-state index < -0.39 is 5.91 Å². The molecule has 2 amide bonds. The summed E-state index contributed by atoms with van der Waals surface area (Å²) in [5.74, 6) is -0.816. The molecule has 0 saturated carbocycles. The number of benzene rings is 2.